The van der Waals surface area contributed by atoms with Crippen molar-refractivity contribution < 1.29 is 22.4 Å². The van der Waals surface area contributed by atoms with Gasteiger partial charge in [-0.15, -0.1) is 0 Å². The van der Waals surface area contributed by atoms with Gasteiger partial charge in [-0.25, -0.2) is 8.42 Å². The number of nitrogens with one attached hydrogen (secondary N) is 1. The Bertz CT molecular complexity index is 1060. The zero-order chi connectivity index (χ0) is 18.9. The fraction of sp³-hybridized carbons (Fsp3) is 0.158. The molecule has 7 heteroatoms. The summed E-state index contributed by atoms with van der Waals surface area (Å²) in [4.78, 5) is 24.7. The molecule has 0 radical (unpaired) electrons. The largest absolute Gasteiger partial charge is 0.453 e. The zero-order valence-corrected chi connectivity index (χ0v) is 15.0. The molecule has 1 amide bonds. The van der Waals surface area contributed by atoms with Crippen LogP contribution < -0.4 is 4.72 Å². The molecule has 1 heterocycles. The molecule has 0 saturated heterocycles. The normalized spacial score (nSPS) is 12.7. The Kier molecular flexibility index (Phi) is 4.65. The summed E-state index contributed by atoms with van der Waals surface area (Å²) in [5.74, 6) is -1.48. The van der Waals surface area contributed by atoms with Crippen molar-refractivity contribution in [2.45, 2.75) is 12.8 Å². The number of hydrogen-bond donors (Lipinski definition) is 1. The molecule has 1 N–H and O–H groups in total. The summed E-state index contributed by atoms with van der Waals surface area (Å²) in [7, 11) is -3.64. The maximum Gasteiger partial charge on any atom is 0.240 e. The van der Waals surface area contributed by atoms with Gasteiger partial charge in [-0.2, -0.15) is 0 Å². The summed E-state index contributed by atoms with van der Waals surface area (Å²) >= 11 is 0. The van der Waals surface area contributed by atoms with Crippen molar-refractivity contribution in [2.75, 3.05) is 6.26 Å². The number of fused-ring (bicyclic) bond motifs is 1. The van der Waals surface area contributed by atoms with E-state index in [1.165, 1.54) is 0 Å². The number of benzene rings is 2. The minimum atomic E-state index is -3.64. The van der Waals surface area contributed by atoms with Crippen LogP contribution in [0.2, 0.25) is 0 Å². The number of amides is 1. The van der Waals surface area contributed by atoms with Crippen LogP contribution in [0.25, 0.3) is 11.0 Å². The summed E-state index contributed by atoms with van der Waals surface area (Å²) in [5, 5.41) is 0.827. The topological polar surface area (TPSA) is 93.5 Å². The van der Waals surface area contributed by atoms with Crippen molar-refractivity contribution in [1.82, 2.24) is 4.72 Å². The van der Waals surface area contributed by atoms with Crippen molar-refractivity contribution >= 4 is 32.7 Å². The monoisotopic (exact) mass is 371 g/mol. The van der Waals surface area contributed by atoms with E-state index in [-0.39, 0.29) is 11.5 Å². The van der Waals surface area contributed by atoms with Gasteiger partial charge < -0.3 is 4.42 Å². The van der Waals surface area contributed by atoms with Gasteiger partial charge in [0, 0.05) is 10.9 Å². The van der Waals surface area contributed by atoms with Crippen LogP contribution in [0.1, 0.15) is 34.5 Å². The second-order valence-corrected chi connectivity index (χ2v) is 7.81. The smallest absolute Gasteiger partial charge is 0.240 e. The fourth-order valence-electron chi connectivity index (χ4n) is 2.61. The van der Waals surface area contributed by atoms with E-state index in [4.69, 9.17) is 4.42 Å². The van der Waals surface area contributed by atoms with Gasteiger partial charge in [0.15, 0.2) is 5.76 Å². The van der Waals surface area contributed by atoms with Crippen molar-refractivity contribution in [3.63, 3.8) is 0 Å². The SMILES string of the molecule is CC(C(=O)NS(C)(=O)=O)c1cccc(C(=O)c2cc3ccccc3o2)c1. The Morgan fingerprint density at radius 3 is 2.46 bits per heavy atom. The van der Waals surface area contributed by atoms with E-state index in [9.17, 15) is 18.0 Å². The molecule has 2 aromatic carbocycles. The number of para-hydroxylation sites is 1. The van der Waals surface area contributed by atoms with Crippen molar-refractivity contribution in [2.24, 2.45) is 0 Å². The third kappa shape index (κ3) is 3.83. The number of rotatable bonds is 5. The molecule has 0 bridgehead atoms. The predicted molar refractivity (Wildman–Crippen MR) is 97.5 cm³/mol. The van der Waals surface area contributed by atoms with Crippen LogP contribution >= 0.6 is 0 Å². The number of hydrogen-bond acceptors (Lipinski definition) is 5. The minimum absolute atomic E-state index is 0.205. The fourth-order valence-corrected chi connectivity index (χ4v) is 3.15. The summed E-state index contributed by atoms with van der Waals surface area (Å²) in [6, 6.07) is 15.5. The van der Waals surface area contributed by atoms with Gasteiger partial charge in [0.05, 0.1) is 12.2 Å². The molecular formula is C19H17NO5S. The van der Waals surface area contributed by atoms with Crippen molar-refractivity contribution in [3.05, 3.63) is 71.5 Å². The Labute approximate surface area is 150 Å². The van der Waals surface area contributed by atoms with Crippen LogP contribution in [-0.4, -0.2) is 26.4 Å². The molecule has 0 aliphatic rings. The Morgan fingerprint density at radius 2 is 1.77 bits per heavy atom. The average molecular weight is 371 g/mol. The quantitative estimate of drug-likeness (QED) is 0.696. The molecule has 0 fully saturated rings. The highest BCUT2D eigenvalue weighted by Gasteiger charge is 2.21. The number of furan rings is 1. The molecule has 0 spiro atoms. The highest BCUT2D eigenvalue weighted by Crippen LogP contribution is 2.23. The van der Waals surface area contributed by atoms with Gasteiger partial charge in [-0.05, 0) is 30.7 Å². The van der Waals surface area contributed by atoms with E-state index in [1.807, 2.05) is 22.9 Å². The summed E-state index contributed by atoms with van der Waals surface area (Å²) < 4.78 is 30.0. The van der Waals surface area contributed by atoms with Crippen LogP contribution in [0.4, 0.5) is 0 Å². The van der Waals surface area contributed by atoms with Crippen molar-refractivity contribution in [1.29, 1.82) is 0 Å². The first-order valence-electron chi connectivity index (χ1n) is 7.89. The van der Waals surface area contributed by atoms with Gasteiger partial charge in [0.2, 0.25) is 21.7 Å². The third-order valence-electron chi connectivity index (χ3n) is 3.98. The first-order valence-corrected chi connectivity index (χ1v) is 9.78. The van der Waals surface area contributed by atoms with E-state index < -0.39 is 21.8 Å². The van der Waals surface area contributed by atoms with Gasteiger partial charge in [0.1, 0.15) is 5.58 Å². The van der Waals surface area contributed by atoms with Gasteiger partial charge in [-0.1, -0.05) is 36.4 Å². The van der Waals surface area contributed by atoms with Crippen molar-refractivity contribution in [3.8, 4) is 0 Å². The molecule has 1 unspecified atom stereocenters. The van der Waals surface area contributed by atoms with Gasteiger partial charge in [0.25, 0.3) is 0 Å². The van der Waals surface area contributed by atoms with E-state index in [0.717, 1.165) is 11.6 Å². The maximum atomic E-state index is 12.7. The van der Waals surface area contributed by atoms with E-state index in [2.05, 4.69) is 0 Å². The minimum Gasteiger partial charge on any atom is -0.453 e. The second-order valence-electron chi connectivity index (χ2n) is 6.06. The molecule has 134 valence electrons. The lowest BCUT2D eigenvalue weighted by molar-refractivity contribution is -0.120. The average Bonchev–Trinajstić information content (AvgIpc) is 3.03. The molecule has 3 rings (SSSR count). The highest BCUT2D eigenvalue weighted by molar-refractivity contribution is 7.89. The molecular weight excluding hydrogens is 354 g/mol. The highest BCUT2D eigenvalue weighted by atomic mass is 32.2. The van der Waals surface area contributed by atoms with Crippen LogP contribution in [0.3, 0.4) is 0 Å². The second kappa shape index (κ2) is 6.76. The molecule has 6 nitrogen and oxygen atoms in total. The predicted octanol–water partition coefficient (Wildman–Crippen LogP) is 2.84. The molecule has 0 saturated carbocycles. The molecule has 26 heavy (non-hydrogen) atoms. The summed E-state index contributed by atoms with van der Waals surface area (Å²) in [5.41, 5.74) is 1.52. The lowest BCUT2D eigenvalue weighted by Crippen LogP contribution is -2.32. The number of ketones is 1. The van der Waals surface area contributed by atoms with Crippen LogP contribution in [0.5, 0.6) is 0 Å². The zero-order valence-electron chi connectivity index (χ0n) is 14.2. The summed E-state index contributed by atoms with van der Waals surface area (Å²) in [6.45, 7) is 1.57. The van der Waals surface area contributed by atoms with Crippen LogP contribution in [0.15, 0.2) is 59.0 Å². The number of carbonyl (C=O) groups is 2. The molecule has 0 aliphatic heterocycles. The van der Waals surface area contributed by atoms with E-state index >= 15 is 0 Å². The maximum absolute atomic E-state index is 12.7. The Balaban J connectivity index is 1.88. The number of sulfonamides is 1. The first-order chi connectivity index (χ1) is 12.2. The first kappa shape index (κ1) is 17.9. The van der Waals surface area contributed by atoms with Gasteiger partial charge >= 0.3 is 0 Å². The molecule has 3 aromatic rings. The van der Waals surface area contributed by atoms with Crippen LogP contribution in [-0.2, 0) is 14.8 Å². The summed E-state index contributed by atoms with van der Waals surface area (Å²) in [6.07, 6.45) is 0.916. The third-order valence-corrected chi connectivity index (χ3v) is 4.55. The molecule has 1 aromatic heterocycles. The standard InChI is InChI=1S/C19H17NO5S/c1-12(19(22)20-26(2,23)24)13-7-5-8-15(10-13)18(21)17-11-14-6-3-4-9-16(14)25-17/h3-12H,1-2H3,(H,20,22). The van der Waals surface area contributed by atoms with E-state index in [1.54, 1.807) is 43.3 Å². The lowest BCUT2D eigenvalue weighted by atomic mass is 9.97. The van der Waals surface area contributed by atoms with Crippen LogP contribution in [0, 0.1) is 0 Å². The molecule has 1 atom stereocenters. The Morgan fingerprint density at radius 1 is 1.04 bits per heavy atom. The Hall–Kier alpha value is -2.93. The van der Waals surface area contributed by atoms with Gasteiger partial charge in [-0.3, -0.25) is 14.3 Å². The number of carbonyl (C=O) groups excluding carboxylic acids is 2. The molecule has 0 aliphatic carbocycles. The lowest BCUT2D eigenvalue weighted by Gasteiger charge is -2.12. The van der Waals surface area contributed by atoms with E-state index in [0.29, 0.717) is 16.7 Å².